The second kappa shape index (κ2) is 10.1. The van der Waals surface area contributed by atoms with Gasteiger partial charge in [-0.25, -0.2) is 0 Å². The Kier molecular flexibility index (Phi) is 8.87. The molecule has 6 atom stereocenters. The van der Waals surface area contributed by atoms with Gasteiger partial charge in [0.1, 0.15) is 18.5 Å². The lowest BCUT2D eigenvalue weighted by molar-refractivity contribution is -0.246. The summed E-state index contributed by atoms with van der Waals surface area (Å²) < 4.78 is 26.3. The molecule has 5 nitrogen and oxygen atoms in total. The van der Waals surface area contributed by atoms with E-state index in [2.05, 4.69) is 54.6 Å². The third-order valence-electron chi connectivity index (χ3n) is 7.63. The molecule has 32 heavy (non-hydrogen) atoms. The monoisotopic (exact) mass is 470 g/mol. The van der Waals surface area contributed by atoms with Crippen LogP contribution in [0.25, 0.3) is 0 Å². The highest BCUT2D eigenvalue weighted by atomic mass is 28.4. The van der Waals surface area contributed by atoms with E-state index in [0.717, 1.165) is 19.1 Å². The zero-order valence-electron chi connectivity index (χ0n) is 22.6. The number of aldehydes is 1. The van der Waals surface area contributed by atoms with Crippen LogP contribution >= 0.6 is 0 Å². The second-order valence-electron chi connectivity index (χ2n) is 13.1. The summed E-state index contributed by atoms with van der Waals surface area (Å²) >= 11 is 0. The minimum absolute atomic E-state index is 0.125. The molecular formula is C26H50O5Si. The highest BCUT2D eigenvalue weighted by Crippen LogP contribution is 2.50. The van der Waals surface area contributed by atoms with E-state index in [1.807, 2.05) is 20.8 Å². The first-order valence-electron chi connectivity index (χ1n) is 12.6. The van der Waals surface area contributed by atoms with Crippen LogP contribution < -0.4 is 0 Å². The Bertz CT molecular complexity index is 621. The topological polar surface area (TPSA) is 54.0 Å². The predicted molar refractivity (Wildman–Crippen MR) is 132 cm³/mol. The van der Waals surface area contributed by atoms with E-state index < -0.39 is 25.8 Å². The fraction of sp³-hybridized carbons (Fsp3) is 0.962. The van der Waals surface area contributed by atoms with Crippen molar-refractivity contribution in [1.82, 2.24) is 0 Å². The summed E-state index contributed by atoms with van der Waals surface area (Å²) in [5.74, 6) is 0.777. The Hall–Kier alpha value is -0.273. The molecule has 1 spiro atoms. The molecule has 0 amide bonds. The predicted octanol–water partition coefficient (Wildman–Crippen LogP) is 6.35. The molecule has 188 valence electrons. The fourth-order valence-corrected chi connectivity index (χ4v) is 5.90. The van der Waals surface area contributed by atoms with Gasteiger partial charge < -0.3 is 23.4 Å². The van der Waals surface area contributed by atoms with Crippen LogP contribution in [0.15, 0.2) is 0 Å². The highest BCUT2D eigenvalue weighted by Gasteiger charge is 2.56. The van der Waals surface area contributed by atoms with Gasteiger partial charge in [-0.3, -0.25) is 0 Å². The zero-order valence-corrected chi connectivity index (χ0v) is 23.6. The Morgan fingerprint density at radius 3 is 2.16 bits per heavy atom. The average Bonchev–Trinajstić information content (AvgIpc) is 2.94. The molecule has 0 aromatic carbocycles. The number of hydrogen-bond donors (Lipinski definition) is 0. The quantitative estimate of drug-likeness (QED) is 0.305. The summed E-state index contributed by atoms with van der Waals surface area (Å²) in [6, 6.07) is 0. The molecule has 0 aromatic rings. The molecule has 1 saturated carbocycles. The third-order valence-corrected chi connectivity index (χ3v) is 12.1. The van der Waals surface area contributed by atoms with Crippen molar-refractivity contribution in [2.24, 2.45) is 17.8 Å². The van der Waals surface area contributed by atoms with Crippen LogP contribution in [-0.4, -0.2) is 50.9 Å². The van der Waals surface area contributed by atoms with Crippen molar-refractivity contribution >= 4 is 14.6 Å². The number of carbonyl (C=O) groups excluding carboxylic acids is 1. The maximum Gasteiger partial charge on any atom is 0.192 e. The summed E-state index contributed by atoms with van der Waals surface area (Å²) in [7, 11) is -1.94. The van der Waals surface area contributed by atoms with Crippen molar-refractivity contribution in [2.75, 3.05) is 6.61 Å². The minimum atomic E-state index is -1.94. The zero-order chi connectivity index (χ0) is 24.5. The normalized spacial score (nSPS) is 33.1. The third kappa shape index (κ3) is 6.88. The Balaban J connectivity index is 2.28. The first kappa shape index (κ1) is 28.0. The van der Waals surface area contributed by atoms with Gasteiger partial charge in [-0.1, -0.05) is 48.0 Å². The standard InChI is InChI=1S/C26H50O5Si/c1-18(2)21-13-12-19(3)15-26(21)30-22(14-20(16-27)29-24(4,5)6)23(31-26)17-28-32(10,11)25(7,8)9/h16,18-23H,12-15,17H2,1-11H3/t19-,20+,21+,22-,23+,26-/m1/s1. The van der Waals surface area contributed by atoms with E-state index in [0.29, 0.717) is 30.8 Å². The maximum atomic E-state index is 11.9. The summed E-state index contributed by atoms with van der Waals surface area (Å²) in [4.78, 5) is 11.9. The molecule has 0 N–H and O–H groups in total. The lowest BCUT2D eigenvalue weighted by Gasteiger charge is -2.44. The maximum absolute atomic E-state index is 11.9. The number of rotatable bonds is 8. The molecule has 2 aliphatic rings. The average molecular weight is 471 g/mol. The number of carbonyl (C=O) groups is 1. The highest BCUT2D eigenvalue weighted by molar-refractivity contribution is 6.74. The van der Waals surface area contributed by atoms with Gasteiger partial charge in [0.2, 0.25) is 0 Å². The van der Waals surface area contributed by atoms with Gasteiger partial charge in [-0.05, 0) is 57.2 Å². The van der Waals surface area contributed by atoms with E-state index >= 15 is 0 Å². The minimum Gasteiger partial charge on any atom is -0.414 e. The SMILES string of the molecule is CC(C)[C@@H]1CC[C@@H](C)C[C@@]12O[C@@H](CO[Si](C)(C)C(C)(C)C)[C@@H](C[C@@H](C=O)OC(C)(C)C)O2. The number of hydrogen-bond acceptors (Lipinski definition) is 5. The molecule has 0 bridgehead atoms. The van der Waals surface area contributed by atoms with E-state index in [1.165, 1.54) is 6.42 Å². The fourth-order valence-electron chi connectivity index (χ4n) is 4.89. The molecule has 1 aliphatic heterocycles. The van der Waals surface area contributed by atoms with Crippen LogP contribution in [-0.2, 0) is 23.4 Å². The van der Waals surface area contributed by atoms with Gasteiger partial charge in [0.05, 0.1) is 18.3 Å². The van der Waals surface area contributed by atoms with Crippen LogP contribution in [0.2, 0.25) is 18.1 Å². The molecule has 2 fully saturated rings. The molecule has 1 saturated heterocycles. The van der Waals surface area contributed by atoms with Crippen molar-refractivity contribution in [3.63, 3.8) is 0 Å². The smallest absolute Gasteiger partial charge is 0.192 e. The number of ether oxygens (including phenoxy) is 3. The lowest BCUT2D eigenvalue weighted by Crippen LogP contribution is -2.47. The molecule has 0 aromatic heterocycles. The van der Waals surface area contributed by atoms with Gasteiger partial charge >= 0.3 is 0 Å². The van der Waals surface area contributed by atoms with Crippen LogP contribution in [0.5, 0.6) is 0 Å². The van der Waals surface area contributed by atoms with Crippen molar-refractivity contribution < 1.29 is 23.4 Å². The van der Waals surface area contributed by atoms with E-state index in [9.17, 15) is 4.79 Å². The Morgan fingerprint density at radius 2 is 1.66 bits per heavy atom. The summed E-state index contributed by atoms with van der Waals surface area (Å²) in [5.41, 5.74) is -0.393. The molecule has 2 rings (SSSR count). The molecule has 1 aliphatic carbocycles. The van der Waals surface area contributed by atoms with Crippen LogP contribution in [0, 0.1) is 17.8 Å². The molecular weight excluding hydrogens is 420 g/mol. The summed E-state index contributed by atoms with van der Waals surface area (Å²) in [5, 5.41) is 0.125. The van der Waals surface area contributed by atoms with Gasteiger partial charge in [-0.2, -0.15) is 0 Å². The first-order chi connectivity index (χ1) is 14.5. The Labute approximate surface area is 198 Å². The van der Waals surface area contributed by atoms with Crippen LogP contribution in [0.3, 0.4) is 0 Å². The summed E-state index contributed by atoms with van der Waals surface area (Å²) in [6.45, 7) is 24.5. The molecule has 1 heterocycles. The molecule has 6 heteroatoms. The van der Waals surface area contributed by atoms with Gasteiger partial charge in [0, 0.05) is 18.8 Å². The van der Waals surface area contributed by atoms with Gasteiger partial charge in [-0.15, -0.1) is 0 Å². The van der Waals surface area contributed by atoms with E-state index in [1.54, 1.807) is 0 Å². The van der Waals surface area contributed by atoms with Crippen molar-refractivity contribution in [2.45, 2.75) is 136 Å². The largest absolute Gasteiger partial charge is 0.414 e. The van der Waals surface area contributed by atoms with Crippen LogP contribution in [0.4, 0.5) is 0 Å². The first-order valence-corrected chi connectivity index (χ1v) is 15.5. The van der Waals surface area contributed by atoms with Crippen molar-refractivity contribution in [3.05, 3.63) is 0 Å². The van der Waals surface area contributed by atoms with Gasteiger partial charge in [0.25, 0.3) is 0 Å². The summed E-state index contributed by atoms with van der Waals surface area (Å²) in [6.07, 6.45) is 3.68. The van der Waals surface area contributed by atoms with Crippen LogP contribution in [0.1, 0.15) is 88.0 Å². The van der Waals surface area contributed by atoms with E-state index in [4.69, 9.17) is 18.6 Å². The molecule has 0 unspecified atom stereocenters. The van der Waals surface area contributed by atoms with Crippen molar-refractivity contribution in [1.29, 1.82) is 0 Å². The van der Waals surface area contributed by atoms with E-state index in [-0.39, 0.29) is 17.2 Å². The van der Waals surface area contributed by atoms with Crippen molar-refractivity contribution in [3.8, 4) is 0 Å². The molecule has 0 radical (unpaired) electrons. The Morgan fingerprint density at radius 1 is 1.06 bits per heavy atom. The second-order valence-corrected chi connectivity index (χ2v) is 17.9. The van der Waals surface area contributed by atoms with Gasteiger partial charge in [0.15, 0.2) is 14.1 Å². The lowest BCUT2D eigenvalue weighted by atomic mass is 9.73.